The third kappa shape index (κ3) is 1.58. The molecule has 0 aromatic carbocycles. The summed E-state index contributed by atoms with van der Waals surface area (Å²) in [7, 11) is 0. The zero-order valence-electron chi connectivity index (χ0n) is 9.06. The zero-order chi connectivity index (χ0) is 11.2. The van der Waals surface area contributed by atoms with Gasteiger partial charge in [-0.25, -0.2) is 0 Å². The topological polar surface area (TPSA) is 33.6 Å². The first kappa shape index (κ1) is 10.4. The molecule has 0 atom stereocenters. The van der Waals surface area contributed by atoms with Gasteiger partial charge in [-0.2, -0.15) is 11.8 Å². The van der Waals surface area contributed by atoms with Crippen molar-refractivity contribution in [1.29, 1.82) is 0 Å². The molecular weight excluding hydrogens is 238 g/mol. The van der Waals surface area contributed by atoms with Crippen molar-refractivity contribution >= 4 is 35.0 Å². The van der Waals surface area contributed by atoms with Gasteiger partial charge in [0.1, 0.15) is 0 Å². The Bertz CT molecular complexity index is 580. The molecule has 5 heteroatoms. The molecule has 0 aliphatic heterocycles. The fourth-order valence-electron chi connectivity index (χ4n) is 2.02. The van der Waals surface area contributed by atoms with Crippen LogP contribution in [0.4, 0.5) is 0 Å². The highest BCUT2D eigenvalue weighted by molar-refractivity contribution is 8.00. The Morgan fingerprint density at radius 1 is 1.62 bits per heavy atom. The van der Waals surface area contributed by atoms with E-state index in [1.165, 1.54) is 18.4 Å². The lowest BCUT2D eigenvalue weighted by atomic mass is 10.3. The predicted molar refractivity (Wildman–Crippen MR) is 70.4 cm³/mol. The van der Waals surface area contributed by atoms with Gasteiger partial charge in [-0.1, -0.05) is 0 Å². The van der Waals surface area contributed by atoms with E-state index in [0.717, 1.165) is 16.8 Å². The standard InChI is InChI=1S/C11H13N3S2/c1-16-11(3-4-11)7-14-9-2-5-12-6-8(9)13-10(14)15/h2,5-6H,3-4,7H2,1H3,(H,13,15). The molecule has 16 heavy (non-hydrogen) atoms. The molecule has 0 saturated heterocycles. The maximum absolute atomic E-state index is 5.37. The Morgan fingerprint density at radius 3 is 3.12 bits per heavy atom. The van der Waals surface area contributed by atoms with Crippen LogP contribution in [0.15, 0.2) is 18.5 Å². The first-order valence-corrected chi connectivity index (χ1v) is 6.95. The van der Waals surface area contributed by atoms with E-state index < -0.39 is 0 Å². The fourth-order valence-corrected chi connectivity index (χ4v) is 3.06. The lowest BCUT2D eigenvalue weighted by Gasteiger charge is -2.13. The molecule has 1 saturated carbocycles. The minimum absolute atomic E-state index is 0.427. The Morgan fingerprint density at radius 2 is 2.44 bits per heavy atom. The number of hydrogen-bond acceptors (Lipinski definition) is 3. The summed E-state index contributed by atoms with van der Waals surface area (Å²) in [5.41, 5.74) is 2.20. The van der Waals surface area contributed by atoms with E-state index in [0.29, 0.717) is 4.75 Å². The number of nitrogens with zero attached hydrogens (tertiary/aromatic N) is 2. The van der Waals surface area contributed by atoms with Crippen molar-refractivity contribution in [2.24, 2.45) is 0 Å². The van der Waals surface area contributed by atoms with E-state index in [2.05, 4.69) is 20.8 Å². The van der Waals surface area contributed by atoms with E-state index in [-0.39, 0.29) is 0 Å². The summed E-state index contributed by atoms with van der Waals surface area (Å²) in [5, 5.41) is 0. The van der Waals surface area contributed by atoms with Crippen molar-refractivity contribution in [3.63, 3.8) is 0 Å². The lowest BCUT2D eigenvalue weighted by Crippen LogP contribution is -2.13. The van der Waals surface area contributed by atoms with Crippen molar-refractivity contribution in [3.8, 4) is 0 Å². The molecule has 84 valence electrons. The highest BCUT2D eigenvalue weighted by Gasteiger charge is 2.42. The number of rotatable bonds is 3. The van der Waals surface area contributed by atoms with Crippen molar-refractivity contribution in [2.75, 3.05) is 6.26 Å². The first-order chi connectivity index (χ1) is 7.74. The normalized spacial score (nSPS) is 17.8. The second kappa shape index (κ2) is 3.60. The molecule has 0 amide bonds. The lowest BCUT2D eigenvalue weighted by molar-refractivity contribution is 0.670. The average Bonchev–Trinajstić information content (AvgIpc) is 3.01. The number of pyridine rings is 1. The smallest absolute Gasteiger partial charge is 0.178 e. The average molecular weight is 251 g/mol. The molecule has 1 aliphatic rings. The molecule has 0 spiro atoms. The van der Waals surface area contributed by atoms with E-state index in [1.807, 2.05) is 30.2 Å². The molecule has 0 radical (unpaired) electrons. The van der Waals surface area contributed by atoms with Crippen molar-refractivity contribution < 1.29 is 0 Å². The van der Waals surface area contributed by atoms with Crippen LogP contribution < -0.4 is 0 Å². The zero-order valence-corrected chi connectivity index (χ0v) is 10.7. The summed E-state index contributed by atoms with van der Waals surface area (Å²) < 4.78 is 3.44. The summed E-state index contributed by atoms with van der Waals surface area (Å²) in [4.78, 5) is 7.31. The van der Waals surface area contributed by atoms with E-state index in [1.54, 1.807) is 0 Å². The van der Waals surface area contributed by atoms with Gasteiger partial charge in [-0.15, -0.1) is 0 Å². The van der Waals surface area contributed by atoms with Gasteiger partial charge in [0, 0.05) is 17.5 Å². The van der Waals surface area contributed by atoms with Gasteiger partial charge in [0.2, 0.25) is 0 Å². The van der Waals surface area contributed by atoms with Crippen LogP contribution in [-0.2, 0) is 6.54 Å². The monoisotopic (exact) mass is 251 g/mol. The Hall–Kier alpha value is -0.810. The van der Waals surface area contributed by atoms with Gasteiger partial charge in [0.15, 0.2) is 4.77 Å². The molecule has 1 aliphatic carbocycles. The molecule has 3 rings (SSSR count). The van der Waals surface area contributed by atoms with Crippen LogP contribution in [-0.4, -0.2) is 25.5 Å². The van der Waals surface area contributed by atoms with Crippen molar-refractivity contribution in [3.05, 3.63) is 23.2 Å². The Kier molecular flexibility index (Phi) is 2.33. The third-order valence-corrected chi connectivity index (χ3v) is 4.99. The predicted octanol–water partition coefficient (Wildman–Crippen LogP) is 2.99. The van der Waals surface area contributed by atoms with E-state index in [4.69, 9.17) is 12.2 Å². The number of aromatic amines is 1. The Labute approximate surface area is 103 Å². The molecular formula is C11H13N3S2. The number of nitrogens with one attached hydrogen (secondary N) is 1. The molecule has 2 aromatic rings. The second-order valence-corrected chi connectivity index (χ2v) is 5.96. The summed E-state index contributed by atoms with van der Waals surface area (Å²) >= 11 is 7.32. The molecule has 3 nitrogen and oxygen atoms in total. The SMILES string of the molecule is CSC1(Cn2c(=S)[nH]c3cnccc32)CC1. The third-order valence-electron chi connectivity index (χ3n) is 3.26. The summed E-state index contributed by atoms with van der Waals surface area (Å²) in [6.07, 6.45) is 8.44. The number of thioether (sulfide) groups is 1. The minimum Gasteiger partial charge on any atom is -0.329 e. The first-order valence-electron chi connectivity index (χ1n) is 5.32. The van der Waals surface area contributed by atoms with Crippen LogP contribution >= 0.6 is 24.0 Å². The van der Waals surface area contributed by atoms with Crippen LogP contribution in [0.2, 0.25) is 0 Å². The quantitative estimate of drug-likeness (QED) is 0.851. The maximum Gasteiger partial charge on any atom is 0.178 e. The Balaban J connectivity index is 2.09. The summed E-state index contributed by atoms with van der Waals surface area (Å²) in [6, 6.07) is 2.03. The minimum atomic E-state index is 0.427. The molecule has 1 N–H and O–H groups in total. The van der Waals surface area contributed by atoms with E-state index in [9.17, 15) is 0 Å². The molecule has 1 fully saturated rings. The van der Waals surface area contributed by atoms with Crippen LogP contribution in [0, 0.1) is 4.77 Å². The fraction of sp³-hybridized carbons (Fsp3) is 0.455. The number of H-pyrrole nitrogens is 1. The van der Waals surface area contributed by atoms with Crippen molar-refractivity contribution in [2.45, 2.75) is 24.1 Å². The van der Waals surface area contributed by atoms with Gasteiger partial charge < -0.3 is 9.55 Å². The largest absolute Gasteiger partial charge is 0.329 e. The maximum atomic E-state index is 5.37. The number of aromatic nitrogens is 3. The van der Waals surface area contributed by atoms with Crippen molar-refractivity contribution in [1.82, 2.24) is 14.5 Å². The van der Waals surface area contributed by atoms with Crippen LogP contribution in [0.25, 0.3) is 11.0 Å². The highest BCUT2D eigenvalue weighted by atomic mass is 32.2. The van der Waals surface area contributed by atoms with Crippen LogP contribution in [0.3, 0.4) is 0 Å². The van der Waals surface area contributed by atoms with Gasteiger partial charge in [0.25, 0.3) is 0 Å². The molecule has 0 bridgehead atoms. The van der Waals surface area contributed by atoms with Crippen LogP contribution in [0.5, 0.6) is 0 Å². The number of hydrogen-bond donors (Lipinski definition) is 1. The van der Waals surface area contributed by atoms with Gasteiger partial charge in [0.05, 0.1) is 17.2 Å². The van der Waals surface area contributed by atoms with Gasteiger partial charge >= 0.3 is 0 Å². The van der Waals surface area contributed by atoms with E-state index >= 15 is 0 Å². The van der Waals surface area contributed by atoms with Gasteiger partial charge in [-0.05, 0) is 37.4 Å². The number of fused-ring (bicyclic) bond motifs is 1. The van der Waals surface area contributed by atoms with Gasteiger partial charge in [-0.3, -0.25) is 4.98 Å². The second-order valence-electron chi connectivity index (χ2n) is 4.30. The molecule has 0 unspecified atom stereocenters. The molecule has 2 heterocycles. The summed E-state index contributed by atoms with van der Waals surface area (Å²) in [6.45, 7) is 1.01. The summed E-state index contributed by atoms with van der Waals surface area (Å²) in [5.74, 6) is 0. The number of imidazole rings is 1. The molecule has 2 aromatic heterocycles. The highest BCUT2D eigenvalue weighted by Crippen LogP contribution is 2.48. The van der Waals surface area contributed by atoms with Crippen LogP contribution in [0.1, 0.15) is 12.8 Å².